The monoisotopic (exact) mass is 399 g/mol. The average Bonchev–Trinajstić information content (AvgIpc) is 2.98. The number of benzene rings is 2. The molecular formula is C25H25N3O2. The van der Waals surface area contributed by atoms with Gasteiger partial charge in [-0.3, -0.25) is 4.79 Å². The van der Waals surface area contributed by atoms with Crippen molar-refractivity contribution in [3.8, 4) is 5.75 Å². The lowest BCUT2D eigenvalue weighted by Gasteiger charge is -2.28. The summed E-state index contributed by atoms with van der Waals surface area (Å²) in [5.74, 6) is 0.309. The van der Waals surface area contributed by atoms with Crippen LogP contribution in [0.2, 0.25) is 0 Å². The van der Waals surface area contributed by atoms with Gasteiger partial charge in [0.1, 0.15) is 11.4 Å². The van der Waals surface area contributed by atoms with Crippen LogP contribution in [0.25, 0.3) is 6.08 Å². The Labute approximate surface area is 176 Å². The predicted octanol–water partition coefficient (Wildman–Crippen LogP) is 5.14. The van der Waals surface area contributed by atoms with Crippen LogP contribution in [0.15, 0.2) is 82.0 Å². The van der Waals surface area contributed by atoms with Gasteiger partial charge >= 0.3 is 0 Å². The van der Waals surface area contributed by atoms with Gasteiger partial charge in [-0.15, -0.1) is 0 Å². The third-order valence-corrected chi connectivity index (χ3v) is 5.12. The Morgan fingerprint density at radius 2 is 1.80 bits per heavy atom. The molecule has 1 heterocycles. The quantitative estimate of drug-likeness (QED) is 0.573. The minimum atomic E-state index is -0.297. The molecule has 0 atom stereocenters. The number of aliphatic imine (C=N–C) groups is 1. The largest absolute Gasteiger partial charge is 0.507 e. The molecule has 2 aromatic carbocycles. The zero-order chi connectivity index (χ0) is 21.3. The van der Waals surface area contributed by atoms with Crippen LogP contribution in [0.1, 0.15) is 44.7 Å². The molecule has 152 valence electrons. The highest BCUT2D eigenvalue weighted by Gasteiger charge is 2.33. The van der Waals surface area contributed by atoms with Gasteiger partial charge in [-0.25, -0.2) is 4.99 Å². The van der Waals surface area contributed by atoms with Crippen LogP contribution >= 0.6 is 0 Å². The molecule has 1 aliphatic carbocycles. The highest BCUT2D eigenvalue weighted by molar-refractivity contribution is 6.20. The number of hydrogen-bond acceptors (Lipinski definition) is 4. The lowest BCUT2D eigenvalue weighted by molar-refractivity contribution is -0.122. The molecule has 0 spiro atoms. The van der Waals surface area contributed by atoms with Crippen molar-refractivity contribution in [2.75, 3.05) is 0 Å². The Kier molecular flexibility index (Phi) is 5.12. The Morgan fingerprint density at radius 1 is 1.10 bits per heavy atom. The predicted molar refractivity (Wildman–Crippen MR) is 120 cm³/mol. The second kappa shape index (κ2) is 7.75. The molecule has 1 aliphatic heterocycles. The first-order chi connectivity index (χ1) is 14.3. The lowest BCUT2D eigenvalue weighted by Crippen LogP contribution is -2.31. The van der Waals surface area contributed by atoms with E-state index in [0.717, 1.165) is 24.1 Å². The summed E-state index contributed by atoms with van der Waals surface area (Å²) in [5.41, 5.74) is 3.83. The number of phenols is 1. The van der Waals surface area contributed by atoms with Crippen LogP contribution in [-0.4, -0.2) is 27.6 Å². The van der Waals surface area contributed by atoms with E-state index in [9.17, 15) is 9.90 Å². The molecule has 2 aromatic rings. The summed E-state index contributed by atoms with van der Waals surface area (Å²) < 4.78 is 0. The van der Waals surface area contributed by atoms with Crippen LogP contribution in [-0.2, 0) is 4.79 Å². The normalized spacial score (nSPS) is 21.2. The minimum Gasteiger partial charge on any atom is -0.507 e. The zero-order valence-electron chi connectivity index (χ0n) is 17.5. The maximum absolute atomic E-state index is 13.3. The second-order valence-corrected chi connectivity index (χ2v) is 8.51. The molecule has 0 aromatic heterocycles. The van der Waals surface area contributed by atoms with Gasteiger partial charge in [0.25, 0.3) is 5.91 Å². The number of carbonyl (C=O) groups is 1. The topological polar surface area (TPSA) is 65.3 Å². The summed E-state index contributed by atoms with van der Waals surface area (Å²) in [6.45, 7) is 6.44. The third-order valence-electron chi connectivity index (χ3n) is 5.12. The van der Waals surface area contributed by atoms with Crippen LogP contribution in [0, 0.1) is 5.41 Å². The number of carbonyl (C=O) groups excluding carboxylic acids is 1. The maximum Gasteiger partial charge on any atom is 0.298 e. The van der Waals surface area contributed by atoms with Gasteiger partial charge in [0.05, 0.1) is 0 Å². The fourth-order valence-corrected chi connectivity index (χ4v) is 4.02. The van der Waals surface area contributed by atoms with E-state index in [1.807, 2.05) is 36.4 Å². The number of para-hydroxylation sites is 1. The molecule has 30 heavy (non-hydrogen) atoms. The molecule has 0 unspecified atom stereocenters. The van der Waals surface area contributed by atoms with Gasteiger partial charge in [-0.1, -0.05) is 74.0 Å². The first-order valence-electron chi connectivity index (χ1n) is 10.1. The lowest BCUT2D eigenvalue weighted by atomic mass is 9.79. The number of hydrogen-bond donors (Lipinski definition) is 1. The number of allylic oxidation sites excluding steroid dienone is 2. The number of amidine groups is 1. The summed E-state index contributed by atoms with van der Waals surface area (Å²) >= 11 is 0. The van der Waals surface area contributed by atoms with Gasteiger partial charge in [-0.05, 0) is 30.9 Å². The molecule has 0 bridgehead atoms. The molecule has 0 saturated heterocycles. The van der Waals surface area contributed by atoms with E-state index < -0.39 is 0 Å². The molecule has 4 rings (SSSR count). The Hall–Kier alpha value is -3.47. The molecule has 0 radical (unpaired) electrons. The van der Waals surface area contributed by atoms with Crippen molar-refractivity contribution >= 4 is 23.5 Å². The van der Waals surface area contributed by atoms with Crippen molar-refractivity contribution in [1.82, 2.24) is 5.01 Å². The molecule has 0 fully saturated rings. The van der Waals surface area contributed by atoms with E-state index in [1.54, 1.807) is 24.3 Å². The van der Waals surface area contributed by atoms with Crippen molar-refractivity contribution < 1.29 is 9.90 Å². The van der Waals surface area contributed by atoms with Gasteiger partial charge in [0, 0.05) is 23.3 Å². The van der Waals surface area contributed by atoms with Gasteiger partial charge in [0.2, 0.25) is 0 Å². The Morgan fingerprint density at radius 3 is 2.50 bits per heavy atom. The zero-order valence-corrected chi connectivity index (χ0v) is 17.5. The van der Waals surface area contributed by atoms with E-state index >= 15 is 0 Å². The number of phenolic OH excluding ortho intramolecular Hbond substituents is 1. The van der Waals surface area contributed by atoms with E-state index in [4.69, 9.17) is 5.10 Å². The smallest absolute Gasteiger partial charge is 0.298 e. The highest BCUT2D eigenvalue weighted by atomic mass is 16.3. The minimum absolute atomic E-state index is 0.00247. The van der Waals surface area contributed by atoms with E-state index in [2.05, 4.69) is 31.8 Å². The summed E-state index contributed by atoms with van der Waals surface area (Å²) in [6.07, 6.45) is 5.41. The number of aromatic hydroxyl groups is 1. The Balaban J connectivity index is 1.77. The third kappa shape index (κ3) is 4.10. The van der Waals surface area contributed by atoms with Crippen LogP contribution in [0.5, 0.6) is 5.75 Å². The summed E-state index contributed by atoms with van der Waals surface area (Å²) in [5, 5.41) is 16.3. The van der Waals surface area contributed by atoms with Crippen LogP contribution in [0.4, 0.5) is 0 Å². The van der Waals surface area contributed by atoms with Crippen molar-refractivity contribution in [3.63, 3.8) is 0 Å². The number of hydrazone groups is 1. The maximum atomic E-state index is 13.3. The Bertz CT molecular complexity index is 1110. The highest BCUT2D eigenvalue weighted by Crippen LogP contribution is 2.33. The van der Waals surface area contributed by atoms with E-state index in [1.165, 1.54) is 10.6 Å². The summed E-state index contributed by atoms with van der Waals surface area (Å²) in [6, 6.07) is 16.5. The summed E-state index contributed by atoms with van der Waals surface area (Å²) in [4.78, 5) is 17.9. The molecule has 5 heteroatoms. The standard InChI is InChI=1S/C25H25N3O2/c1-17-13-20(16-25(2,3)15-17)27-28-23(18-9-5-4-6-10-18)26-21(24(28)30)14-19-11-7-8-12-22(19)29/h4-12,14-15,29H,13,16H2,1-3H3/b21-14+,27-20+. The van der Waals surface area contributed by atoms with Crippen LogP contribution in [0.3, 0.4) is 0 Å². The van der Waals surface area contributed by atoms with E-state index in [0.29, 0.717) is 11.4 Å². The van der Waals surface area contributed by atoms with Crippen molar-refractivity contribution in [1.29, 1.82) is 0 Å². The first-order valence-corrected chi connectivity index (χ1v) is 10.1. The van der Waals surface area contributed by atoms with Gasteiger partial charge in [-0.2, -0.15) is 10.1 Å². The van der Waals surface area contributed by atoms with Gasteiger partial charge in [0.15, 0.2) is 5.84 Å². The SMILES string of the molecule is CC1=CC(C)(C)C/C(=N/N2C(=O)/C(=C\c3ccccc3O)N=C2c2ccccc2)C1. The van der Waals surface area contributed by atoms with Gasteiger partial charge < -0.3 is 5.11 Å². The van der Waals surface area contributed by atoms with E-state index in [-0.39, 0.29) is 22.8 Å². The average molecular weight is 399 g/mol. The number of rotatable bonds is 3. The fourth-order valence-electron chi connectivity index (χ4n) is 4.02. The molecular weight excluding hydrogens is 374 g/mol. The molecule has 1 N–H and O–H groups in total. The second-order valence-electron chi connectivity index (χ2n) is 8.51. The fraction of sp³-hybridized carbons (Fsp3) is 0.240. The van der Waals surface area contributed by atoms with Crippen LogP contribution < -0.4 is 0 Å². The molecule has 0 saturated carbocycles. The molecule has 1 amide bonds. The molecule has 5 nitrogen and oxygen atoms in total. The molecule has 2 aliphatic rings. The number of nitrogens with zero attached hydrogens (tertiary/aromatic N) is 3. The number of amides is 1. The van der Waals surface area contributed by atoms with Crippen molar-refractivity contribution in [2.24, 2.45) is 15.5 Å². The summed E-state index contributed by atoms with van der Waals surface area (Å²) in [7, 11) is 0. The van der Waals surface area contributed by atoms with Crippen molar-refractivity contribution in [2.45, 2.75) is 33.6 Å². The first kappa shape index (κ1) is 19.8. The van der Waals surface area contributed by atoms with Crippen molar-refractivity contribution in [3.05, 3.63) is 83.1 Å².